The van der Waals surface area contributed by atoms with E-state index in [2.05, 4.69) is 9.97 Å². The van der Waals surface area contributed by atoms with Crippen LogP contribution in [0.25, 0.3) is 11.0 Å². The van der Waals surface area contributed by atoms with Gasteiger partial charge in [-0.05, 0) is 36.1 Å². The predicted octanol–water partition coefficient (Wildman–Crippen LogP) is 2.95. The first-order chi connectivity index (χ1) is 16.0. The number of rotatable bonds is 7. The number of nitrogen functional groups attached to an aromatic ring is 1. The Hall–Kier alpha value is -2.95. The first-order valence-electron chi connectivity index (χ1n) is 10.9. The number of amidine groups is 1. The first-order valence-corrected chi connectivity index (χ1v) is 12.7. The monoisotopic (exact) mass is 502 g/mol. The Morgan fingerprint density at radius 3 is 2.62 bits per heavy atom. The number of nitrogens with two attached hydrogens (primary N) is 1. The van der Waals surface area contributed by atoms with Gasteiger partial charge < -0.3 is 15.6 Å². The summed E-state index contributed by atoms with van der Waals surface area (Å²) in [6, 6.07) is 11.8. The highest BCUT2D eigenvalue weighted by Crippen LogP contribution is 2.26. The largest absolute Gasteiger partial charge is 0.384 e. The van der Waals surface area contributed by atoms with Gasteiger partial charge >= 0.3 is 0 Å². The van der Waals surface area contributed by atoms with Crippen molar-refractivity contribution in [1.82, 2.24) is 19.2 Å². The minimum Gasteiger partial charge on any atom is -0.384 e. The molecule has 4 rings (SSSR count). The summed E-state index contributed by atoms with van der Waals surface area (Å²) in [4.78, 5) is 22.0. The molecule has 0 aliphatic carbocycles. The molecule has 0 saturated carbocycles. The topological polar surface area (TPSA) is 136 Å². The van der Waals surface area contributed by atoms with Crippen LogP contribution in [0.5, 0.6) is 0 Å². The fourth-order valence-corrected chi connectivity index (χ4v) is 5.70. The summed E-state index contributed by atoms with van der Waals surface area (Å²) in [6.07, 6.45) is 0.652. The number of benzene rings is 2. The maximum Gasteiger partial charge on any atom is 0.277 e. The van der Waals surface area contributed by atoms with E-state index in [0.29, 0.717) is 34.6 Å². The molecule has 1 atom stereocenters. The van der Waals surface area contributed by atoms with Gasteiger partial charge in [0.1, 0.15) is 5.84 Å². The third-order valence-electron chi connectivity index (χ3n) is 5.85. The van der Waals surface area contributed by atoms with Gasteiger partial charge in [0, 0.05) is 29.7 Å². The van der Waals surface area contributed by atoms with E-state index in [1.165, 1.54) is 4.31 Å². The van der Waals surface area contributed by atoms with Crippen molar-refractivity contribution in [3.8, 4) is 0 Å². The number of aromatic amines is 1. The second-order valence-corrected chi connectivity index (χ2v) is 11.2. The molecule has 1 amide bonds. The lowest BCUT2D eigenvalue weighted by Crippen LogP contribution is -2.57. The molecule has 1 fully saturated rings. The van der Waals surface area contributed by atoms with E-state index in [1.54, 1.807) is 35.2 Å². The zero-order valence-corrected chi connectivity index (χ0v) is 20.5. The van der Waals surface area contributed by atoms with Gasteiger partial charge in [-0.15, -0.1) is 0 Å². The number of piperazine rings is 1. The lowest BCUT2D eigenvalue weighted by molar-refractivity contribution is -0.138. The van der Waals surface area contributed by atoms with Crippen LogP contribution in [0.15, 0.2) is 47.6 Å². The normalized spacial score (nSPS) is 17.6. The summed E-state index contributed by atoms with van der Waals surface area (Å²) in [5.74, 6) is -0.0290. The number of amides is 1. The molecule has 4 N–H and O–H groups in total. The molecule has 9 nitrogen and oxygen atoms in total. The zero-order chi connectivity index (χ0) is 24.6. The third kappa shape index (κ3) is 4.94. The van der Waals surface area contributed by atoms with Gasteiger partial charge in [0.15, 0.2) is 0 Å². The fourth-order valence-electron chi connectivity index (χ4n) is 4.18. The maximum absolute atomic E-state index is 13.4. The van der Waals surface area contributed by atoms with E-state index < -0.39 is 10.0 Å². The number of aromatic nitrogens is 2. The van der Waals surface area contributed by atoms with Gasteiger partial charge in [-0.25, -0.2) is 13.4 Å². The fraction of sp³-hybridized carbons (Fsp3) is 0.348. The summed E-state index contributed by atoms with van der Waals surface area (Å²) < 4.78 is 28.0. The number of imidazole rings is 1. The Kier molecular flexibility index (Phi) is 6.66. The molecule has 34 heavy (non-hydrogen) atoms. The van der Waals surface area contributed by atoms with Gasteiger partial charge in [-0.1, -0.05) is 49.7 Å². The number of halogens is 1. The standard InChI is InChI=1S/C23H27ClN6O3S/c1-14(2)9-18-12-29(34(32,33)23-27-19-8-7-17(24)10-20(19)28-23)13-21(31)30(18)11-15-3-5-16(6-4-15)22(25)26/h3-8,10,14,18H,9,11-13H2,1-2H3,(H3,25,26)(H,27,28)/t18-/m0/s1. The Bertz CT molecular complexity index is 1340. The number of carbonyl (C=O) groups excluding carboxylic acids is 1. The number of hydrogen-bond donors (Lipinski definition) is 3. The average molecular weight is 503 g/mol. The third-order valence-corrected chi connectivity index (χ3v) is 7.73. The van der Waals surface area contributed by atoms with Gasteiger partial charge in [0.25, 0.3) is 10.0 Å². The molecule has 0 unspecified atom stereocenters. The van der Waals surface area contributed by atoms with Crippen molar-refractivity contribution >= 4 is 44.4 Å². The number of fused-ring (bicyclic) bond motifs is 1. The quantitative estimate of drug-likeness (QED) is 0.337. The van der Waals surface area contributed by atoms with E-state index in [4.69, 9.17) is 22.7 Å². The van der Waals surface area contributed by atoms with Gasteiger partial charge in [-0.2, -0.15) is 4.31 Å². The minimum absolute atomic E-state index is 0.0213. The number of hydrogen-bond acceptors (Lipinski definition) is 5. The number of H-pyrrole nitrogens is 1. The van der Waals surface area contributed by atoms with Gasteiger partial charge in [0.2, 0.25) is 11.1 Å². The summed E-state index contributed by atoms with van der Waals surface area (Å²) in [7, 11) is -4.01. The summed E-state index contributed by atoms with van der Waals surface area (Å²) in [5.41, 5.74) is 8.02. The number of carbonyl (C=O) groups is 1. The van der Waals surface area contributed by atoms with Gasteiger partial charge in [0.05, 0.1) is 17.6 Å². The van der Waals surface area contributed by atoms with Crippen LogP contribution in [0.1, 0.15) is 31.4 Å². The van der Waals surface area contributed by atoms with Crippen LogP contribution in [0.3, 0.4) is 0 Å². The first kappa shape index (κ1) is 24.2. The molecule has 3 aromatic rings. The number of nitrogens with one attached hydrogen (secondary N) is 2. The highest BCUT2D eigenvalue weighted by Gasteiger charge is 2.40. The molecule has 0 spiro atoms. The molecule has 1 aromatic heterocycles. The summed E-state index contributed by atoms with van der Waals surface area (Å²) in [5, 5.41) is 7.80. The van der Waals surface area contributed by atoms with Crippen LogP contribution < -0.4 is 5.73 Å². The Balaban J connectivity index is 1.59. The Morgan fingerprint density at radius 1 is 1.26 bits per heavy atom. The van der Waals surface area contributed by atoms with Crippen LogP contribution >= 0.6 is 11.6 Å². The Labute approximate surface area is 203 Å². The van der Waals surface area contributed by atoms with E-state index in [-0.39, 0.29) is 41.9 Å². The molecule has 1 aliphatic rings. The van der Waals surface area contributed by atoms with Crippen molar-refractivity contribution in [1.29, 1.82) is 5.41 Å². The SMILES string of the molecule is CC(C)C[C@H]1CN(S(=O)(=O)c2nc3ccc(Cl)cc3[nH]2)CC(=O)N1Cc1ccc(C(=N)N)cc1. The van der Waals surface area contributed by atoms with E-state index in [9.17, 15) is 13.2 Å². The summed E-state index contributed by atoms with van der Waals surface area (Å²) >= 11 is 6.01. The predicted molar refractivity (Wildman–Crippen MR) is 131 cm³/mol. The van der Waals surface area contributed by atoms with Gasteiger partial charge in [-0.3, -0.25) is 10.2 Å². The van der Waals surface area contributed by atoms with E-state index in [0.717, 1.165) is 5.56 Å². The summed E-state index contributed by atoms with van der Waals surface area (Å²) in [6.45, 7) is 4.35. The molecule has 1 aliphatic heterocycles. The van der Waals surface area contributed by atoms with Crippen molar-refractivity contribution in [3.05, 3.63) is 58.6 Å². The number of sulfonamides is 1. The van der Waals surface area contributed by atoms with E-state index in [1.807, 2.05) is 26.0 Å². The zero-order valence-electron chi connectivity index (χ0n) is 19.0. The maximum atomic E-state index is 13.4. The van der Waals surface area contributed by atoms with Crippen molar-refractivity contribution < 1.29 is 13.2 Å². The minimum atomic E-state index is -4.01. The second-order valence-electron chi connectivity index (χ2n) is 8.92. The van der Waals surface area contributed by atoms with E-state index >= 15 is 0 Å². The highest BCUT2D eigenvalue weighted by molar-refractivity contribution is 7.89. The smallest absolute Gasteiger partial charge is 0.277 e. The molecule has 0 radical (unpaired) electrons. The van der Waals surface area contributed by atoms with Crippen molar-refractivity contribution in [2.45, 2.75) is 38.0 Å². The van der Waals surface area contributed by atoms with Crippen molar-refractivity contribution in [3.63, 3.8) is 0 Å². The average Bonchev–Trinajstić information content (AvgIpc) is 3.20. The lowest BCUT2D eigenvalue weighted by Gasteiger charge is -2.41. The van der Waals surface area contributed by atoms with Crippen LogP contribution in [-0.4, -0.2) is 58.5 Å². The molecular formula is C23H27ClN6O3S. The molecule has 2 heterocycles. The second kappa shape index (κ2) is 9.36. The van der Waals surface area contributed by atoms with Crippen LogP contribution in [0, 0.1) is 11.3 Å². The lowest BCUT2D eigenvalue weighted by atomic mass is 9.99. The Morgan fingerprint density at radius 2 is 1.97 bits per heavy atom. The van der Waals surface area contributed by atoms with Crippen molar-refractivity contribution in [2.75, 3.05) is 13.1 Å². The molecule has 0 bridgehead atoms. The van der Waals surface area contributed by atoms with Crippen molar-refractivity contribution in [2.24, 2.45) is 11.7 Å². The van der Waals surface area contributed by atoms with Crippen LogP contribution in [0.2, 0.25) is 5.02 Å². The number of nitrogens with zero attached hydrogens (tertiary/aromatic N) is 3. The van der Waals surface area contributed by atoms with Crippen LogP contribution in [0.4, 0.5) is 0 Å². The highest BCUT2D eigenvalue weighted by atomic mass is 35.5. The molecule has 180 valence electrons. The molecule has 1 saturated heterocycles. The molecule has 11 heteroatoms. The molecular weight excluding hydrogens is 476 g/mol. The van der Waals surface area contributed by atoms with Crippen LogP contribution in [-0.2, 0) is 21.4 Å². The molecule has 2 aromatic carbocycles.